The molecule has 26 heavy (non-hydrogen) atoms. The fourth-order valence-electron chi connectivity index (χ4n) is 3.14. The fraction of sp³-hybridized carbons (Fsp3) is 0.150. The molecule has 0 bridgehead atoms. The molecule has 3 aromatic rings. The number of carbonyl (C=O) groups is 1. The van der Waals surface area contributed by atoms with Crippen LogP contribution in [0.3, 0.4) is 0 Å². The summed E-state index contributed by atoms with van der Waals surface area (Å²) in [4.78, 5) is 20.2. The fourth-order valence-corrected chi connectivity index (χ4v) is 3.14. The monoisotopic (exact) mass is 345 g/mol. The van der Waals surface area contributed by atoms with Crippen LogP contribution in [0.15, 0.2) is 60.9 Å². The molecular formula is C20H19N5O. The zero-order valence-corrected chi connectivity index (χ0v) is 14.2. The Balaban J connectivity index is 1.29. The highest BCUT2D eigenvalue weighted by atomic mass is 16.2. The van der Waals surface area contributed by atoms with E-state index in [-0.39, 0.29) is 6.03 Å². The van der Waals surface area contributed by atoms with E-state index >= 15 is 0 Å². The van der Waals surface area contributed by atoms with Crippen LogP contribution >= 0.6 is 0 Å². The molecule has 0 radical (unpaired) electrons. The lowest BCUT2D eigenvalue weighted by molar-refractivity contribution is 0.252. The average Bonchev–Trinajstić information content (AvgIpc) is 3.04. The van der Waals surface area contributed by atoms with E-state index in [4.69, 9.17) is 0 Å². The van der Waals surface area contributed by atoms with Gasteiger partial charge in [-0.3, -0.25) is 0 Å². The molecule has 6 nitrogen and oxygen atoms in total. The number of nitrogens with one attached hydrogen (secondary N) is 3. The van der Waals surface area contributed by atoms with Gasteiger partial charge in [-0.15, -0.1) is 0 Å². The summed E-state index contributed by atoms with van der Waals surface area (Å²) in [7, 11) is 0. The van der Waals surface area contributed by atoms with E-state index in [1.54, 1.807) is 18.5 Å². The van der Waals surface area contributed by atoms with Gasteiger partial charge >= 0.3 is 6.03 Å². The molecule has 0 fully saturated rings. The quantitative estimate of drug-likeness (QED) is 0.485. The molecule has 2 amide bonds. The number of fused-ring (bicyclic) bond motifs is 3. The molecule has 0 atom stereocenters. The van der Waals surface area contributed by atoms with E-state index in [2.05, 4.69) is 56.3 Å². The summed E-state index contributed by atoms with van der Waals surface area (Å²) in [5.74, 6) is 0.549. The van der Waals surface area contributed by atoms with Gasteiger partial charge in [-0.25, -0.2) is 14.8 Å². The molecule has 0 unspecified atom stereocenters. The number of amides is 2. The number of hydrogen-bond donors (Lipinski definition) is 3. The number of anilines is 2. The average molecular weight is 345 g/mol. The largest absolute Gasteiger partial charge is 0.352 e. The zero-order chi connectivity index (χ0) is 17.8. The van der Waals surface area contributed by atoms with Gasteiger partial charge in [-0.05, 0) is 46.9 Å². The van der Waals surface area contributed by atoms with E-state index in [0.29, 0.717) is 19.0 Å². The van der Waals surface area contributed by atoms with Crippen molar-refractivity contribution in [2.24, 2.45) is 0 Å². The number of nitrogens with zero attached hydrogens (tertiary/aromatic N) is 2. The number of rotatable bonds is 5. The Kier molecular flexibility index (Phi) is 4.47. The molecule has 0 saturated heterocycles. The van der Waals surface area contributed by atoms with Crippen LogP contribution in [0.5, 0.6) is 0 Å². The van der Waals surface area contributed by atoms with Gasteiger partial charge in [0.1, 0.15) is 0 Å². The Morgan fingerprint density at radius 3 is 2.62 bits per heavy atom. The number of hydrogen-bond acceptors (Lipinski definition) is 4. The van der Waals surface area contributed by atoms with Crippen LogP contribution in [0, 0.1) is 0 Å². The number of benzene rings is 2. The van der Waals surface area contributed by atoms with Crippen molar-refractivity contribution in [3.05, 3.63) is 72.1 Å². The summed E-state index contributed by atoms with van der Waals surface area (Å²) in [6.07, 6.45) is 4.24. The predicted octanol–water partition coefficient (Wildman–Crippen LogP) is 3.28. The summed E-state index contributed by atoms with van der Waals surface area (Å²) < 4.78 is 0. The maximum absolute atomic E-state index is 12.1. The third kappa shape index (κ3) is 3.49. The molecule has 1 aliphatic rings. The molecule has 2 aromatic carbocycles. The van der Waals surface area contributed by atoms with Crippen LogP contribution < -0.4 is 16.0 Å². The van der Waals surface area contributed by atoms with Crippen LogP contribution in [-0.2, 0) is 6.42 Å². The van der Waals surface area contributed by atoms with Crippen LogP contribution in [0.2, 0.25) is 0 Å². The molecule has 6 heteroatoms. The second-order valence-corrected chi connectivity index (χ2v) is 6.09. The number of urea groups is 1. The smallest absolute Gasteiger partial charge is 0.319 e. The molecule has 0 aliphatic heterocycles. The molecule has 1 heterocycles. The summed E-state index contributed by atoms with van der Waals surface area (Å²) in [5, 5.41) is 8.75. The molecule has 1 aliphatic carbocycles. The normalized spacial score (nSPS) is 11.4. The van der Waals surface area contributed by atoms with E-state index in [9.17, 15) is 4.79 Å². The molecule has 3 N–H and O–H groups in total. The highest BCUT2D eigenvalue weighted by molar-refractivity contribution is 5.90. The summed E-state index contributed by atoms with van der Waals surface area (Å²) >= 11 is 0. The first-order valence-electron chi connectivity index (χ1n) is 8.56. The molecule has 0 spiro atoms. The van der Waals surface area contributed by atoms with Crippen LogP contribution in [0.1, 0.15) is 11.1 Å². The van der Waals surface area contributed by atoms with E-state index < -0.39 is 0 Å². The van der Waals surface area contributed by atoms with Crippen LogP contribution in [0.25, 0.3) is 11.1 Å². The van der Waals surface area contributed by atoms with Crippen molar-refractivity contribution in [3.8, 4) is 11.1 Å². The van der Waals surface area contributed by atoms with Crippen LogP contribution in [-0.4, -0.2) is 29.1 Å². The van der Waals surface area contributed by atoms with E-state index in [1.807, 2.05) is 12.1 Å². The number of aromatic nitrogens is 2. The Bertz CT molecular complexity index is 926. The van der Waals surface area contributed by atoms with Gasteiger partial charge in [0.15, 0.2) is 0 Å². The third-order valence-electron chi connectivity index (χ3n) is 4.31. The molecule has 0 saturated carbocycles. The van der Waals surface area contributed by atoms with Crippen molar-refractivity contribution >= 4 is 17.7 Å². The maximum atomic E-state index is 12.1. The molecule has 130 valence electrons. The minimum absolute atomic E-state index is 0.226. The summed E-state index contributed by atoms with van der Waals surface area (Å²) in [5.41, 5.74) is 5.91. The summed E-state index contributed by atoms with van der Waals surface area (Å²) in [6.45, 7) is 1.03. The second-order valence-electron chi connectivity index (χ2n) is 6.09. The van der Waals surface area contributed by atoms with Crippen molar-refractivity contribution in [1.82, 2.24) is 15.3 Å². The first kappa shape index (κ1) is 16.1. The maximum Gasteiger partial charge on any atom is 0.319 e. The van der Waals surface area contributed by atoms with Gasteiger partial charge in [-0.2, -0.15) is 0 Å². The van der Waals surface area contributed by atoms with Crippen molar-refractivity contribution in [2.45, 2.75) is 6.42 Å². The standard InChI is InChI=1S/C20H19N5O/c26-20(24-11-10-23-19-21-8-3-9-22-19)25-16-6-7-18-15(13-16)12-14-4-1-2-5-17(14)18/h1-9,13H,10-12H2,(H,21,22,23)(H2,24,25,26). The highest BCUT2D eigenvalue weighted by Gasteiger charge is 2.18. The lowest BCUT2D eigenvalue weighted by Gasteiger charge is -2.10. The van der Waals surface area contributed by atoms with Crippen molar-refractivity contribution in [3.63, 3.8) is 0 Å². The van der Waals surface area contributed by atoms with Crippen molar-refractivity contribution in [2.75, 3.05) is 23.7 Å². The van der Waals surface area contributed by atoms with Gasteiger partial charge in [-0.1, -0.05) is 30.3 Å². The third-order valence-corrected chi connectivity index (χ3v) is 4.31. The van der Waals surface area contributed by atoms with Gasteiger partial charge < -0.3 is 16.0 Å². The van der Waals surface area contributed by atoms with E-state index in [0.717, 1.165) is 12.1 Å². The Hall–Kier alpha value is -3.41. The SMILES string of the molecule is O=C(NCCNc1ncccn1)Nc1ccc2c(c1)Cc1ccccc1-2. The Labute approximate surface area is 151 Å². The van der Waals surface area contributed by atoms with Gasteiger partial charge in [0.2, 0.25) is 5.95 Å². The second kappa shape index (κ2) is 7.23. The zero-order valence-electron chi connectivity index (χ0n) is 14.2. The minimum atomic E-state index is -0.226. The van der Waals surface area contributed by atoms with Crippen molar-refractivity contribution in [1.29, 1.82) is 0 Å². The first-order valence-corrected chi connectivity index (χ1v) is 8.56. The topological polar surface area (TPSA) is 78.9 Å². The molecule has 4 rings (SSSR count). The van der Waals surface area contributed by atoms with E-state index in [1.165, 1.54) is 22.3 Å². The van der Waals surface area contributed by atoms with Gasteiger partial charge in [0, 0.05) is 31.2 Å². The van der Waals surface area contributed by atoms with Crippen molar-refractivity contribution < 1.29 is 4.79 Å². The minimum Gasteiger partial charge on any atom is -0.352 e. The Morgan fingerprint density at radius 2 is 1.73 bits per heavy atom. The Morgan fingerprint density at radius 1 is 0.923 bits per heavy atom. The first-order chi connectivity index (χ1) is 12.8. The lowest BCUT2D eigenvalue weighted by atomic mass is 10.1. The highest BCUT2D eigenvalue weighted by Crippen LogP contribution is 2.37. The molecule has 1 aromatic heterocycles. The predicted molar refractivity (Wildman–Crippen MR) is 102 cm³/mol. The van der Waals surface area contributed by atoms with Crippen LogP contribution in [0.4, 0.5) is 16.4 Å². The van der Waals surface area contributed by atoms with Gasteiger partial charge in [0.25, 0.3) is 0 Å². The summed E-state index contributed by atoms with van der Waals surface area (Å²) in [6, 6.07) is 16.0. The lowest BCUT2D eigenvalue weighted by Crippen LogP contribution is -2.32. The molecular weight excluding hydrogens is 326 g/mol. The number of carbonyl (C=O) groups excluding carboxylic acids is 1. The van der Waals surface area contributed by atoms with Gasteiger partial charge in [0.05, 0.1) is 0 Å².